The molecule has 0 spiro atoms. The Morgan fingerprint density at radius 2 is 2.31 bits per heavy atom. The third-order valence-corrected chi connectivity index (χ3v) is 3.83. The highest BCUT2D eigenvalue weighted by atomic mass is 35.5. The van der Waals surface area contributed by atoms with Gasteiger partial charge in [0.25, 0.3) is 0 Å². The third kappa shape index (κ3) is 4.45. The molecular formula is C10H15Cl2N3S. The summed E-state index contributed by atoms with van der Waals surface area (Å²) >= 11 is 7.43. The molecule has 2 heterocycles. The van der Waals surface area contributed by atoms with E-state index in [9.17, 15) is 0 Å². The maximum Gasteiger partial charge on any atom is 0.151 e. The Morgan fingerprint density at radius 1 is 1.44 bits per heavy atom. The van der Waals surface area contributed by atoms with Gasteiger partial charge in [0.15, 0.2) is 5.15 Å². The molecule has 0 radical (unpaired) electrons. The second kappa shape index (κ2) is 7.33. The average Bonchev–Trinajstić information content (AvgIpc) is 2.30. The van der Waals surface area contributed by atoms with Crippen LogP contribution in [0.3, 0.4) is 0 Å². The van der Waals surface area contributed by atoms with E-state index in [2.05, 4.69) is 15.5 Å². The minimum Gasteiger partial charge on any atom is -0.316 e. The molecule has 1 fully saturated rings. The lowest BCUT2D eigenvalue weighted by Gasteiger charge is -2.21. The Hall–Kier alpha value is -0.0300. The largest absolute Gasteiger partial charge is 0.316 e. The molecular weight excluding hydrogens is 265 g/mol. The fourth-order valence-corrected chi connectivity index (χ4v) is 2.70. The molecule has 1 aromatic heterocycles. The Bertz CT molecular complexity index is 301. The molecule has 1 aromatic rings. The van der Waals surface area contributed by atoms with E-state index in [1.165, 1.54) is 19.4 Å². The van der Waals surface area contributed by atoms with Crippen LogP contribution in [0.15, 0.2) is 17.2 Å². The summed E-state index contributed by atoms with van der Waals surface area (Å²) in [6.45, 7) is 2.30. The number of hydrogen-bond donors (Lipinski definition) is 1. The number of hydrogen-bond acceptors (Lipinski definition) is 4. The minimum absolute atomic E-state index is 0. The zero-order valence-corrected chi connectivity index (χ0v) is 11.2. The molecule has 6 heteroatoms. The lowest BCUT2D eigenvalue weighted by atomic mass is 10.0. The van der Waals surface area contributed by atoms with Crippen molar-refractivity contribution in [3.8, 4) is 0 Å². The Kier molecular flexibility index (Phi) is 6.43. The number of nitrogens with one attached hydrogen (secondary N) is 1. The van der Waals surface area contributed by atoms with Gasteiger partial charge < -0.3 is 5.32 Å². The number of aromatic nitrogens is 2. The van der Waals surface area contributed by atoms with E-state index >= 15 is 0 Å². The molecule has 0 aromatic carbocycles. The van der Waals surface area contributed by atoms with Crippen LogP contribution >= 0.6 is 35.8 Å². The lowest BCUT2D eigenvalue weighted by molar-refractivity contribution is 0.410. The summed E-state index contributed by atoms with van der Waals surface area (Å²) in [7, 11) is 0. The molecule has 16 heavy (non-hydrogen) atoms. The molecule has 1 saturated heterocycles. The Labute approximate surface area is 111 Å². The second-order valence-corrected chi connectivity index (χ2v) is 5.15. The minimum atomic E-state index is 0. The van der Waals surface area contributed by atoms with Gasteiger partial charge in [-0.3, -0.25) is 0 Å². The highest BCUT2D eigenvalue weighted by Gasteiger charge is 2.13. The van der Waals surface area contributed by atoms with Crippen molar-refractivity contribution in [2.45, 2.75) is 17.9 Å². The smallest absolute Gasteiger partial charge is 0.151 e. The zero-order chi connectivity index (χ0) is 10.5. The van der Waals surface area contributed by atoms with Crippen molar-refractivity contribution >= 4 is 35.8 Å². The first-order valence-corrected chi connectivity index (χ1v) is 6.54. The summed E-state index contributed by atoms with van der Waals surface area (Å²) in [5.41, 5.74) is 0. The van der Waals surface area contributed by atoms with Gasteiger partial charge in [-0.25, -0.2) is 0 Å². The first-order chi connectivity index (χ1) is 7.34. The molecule has 0 bridgehead atoms. The fourth-order valence-electron chi connectivity index (χ4n) is 1.65. The molecule has 0 aliphatic carbocycles. The van der Waals surface area contributed by atoms with E-state index in [1.807, 2.05) is 6.07 Å². The summed E-state index contributed by atoms with van der Waals surface area (Å²) in [6, 6.07) is 3.71. The van der Waals surface area contributed by atoms with Crippen molar-refractivity contribution in [1.29, 1.82) is 0 Å². The van der Waals surface area contributed by atoms with Crippen molar-refractivity contribution in [2.75, 3.05) is 18.8 Å². The molecule has 3 nitrogen and oxygen atoms in total. The van der Waals surface area contributed by atoms with Crippen molar-refractivity contribution in [3.05, 3.63) is 17.3 Å². The highest BCUT2D eigenvalue weighted by molar-refractivity contribution is 7.99. The zero-order valence-electron chi connectivity index (χ0n) is 8.86. The van der Waals surface area contributed by atoms with Crippen LogP contribution in [0.5, 0.6) is 0 Å². The van der Waals surface area contributed by atoms with Gasteiger partial charge in [0.2, 0.25) is 0 Å². The van der Waals surface area contributed by atoms with E-state index in [4.69, 9.17) is 11.6 Å². The summed E-state index contributed by atoms with van der Waals surface area (Å²) in [5.74, 6) is 1.88. The third-order valence-electron chi connectivity index (χ3n) is 2.47. The normalized spacial score (nSPS) is 20.2. The van der Waals surface area contributed by atoms with Crippen molar-refractivity contribution < 1.29 is 0 Å². The number of piperidine rings is 1. The Morgan fingerprint density at radius 3 is 2.94 bits per heavy atom. The van der Waals surface area contributed by atoms with Gasteiger partial charge in [-0.15, -0.1) is 34.4 Å². The van der Waals surface area contributed by atoms with Crippen molar-refractivity contribution in [1.82, 2.24) is 15.5 Å². The van der Waals surface area contributed by atoms with E-state index in [0.717, 1.165) is 23.2 Å². The average molecular weight is 280 g/mol. The monoisotopic (exact) mass is 279 g/mol. The second-order valence-electron chi connectivity index (χ2n) is 3.72. The van der Waals surface area contributed by atoms with E-state index in [1.54, 1.807) is 17.8 Å². The van der Waals surface area contributed by atoms with E-state index in [0.29, 0.717) is 5.15 Å². The molecule has 0 amide bonds. The van der Waals surface area contributed by atoms with Crippen LogP contribution in [0.25, 0.3) is 0 Å². The van der Waals surface area contributed by atoms with Gasteiger partial charge in [0, 0.05) is 5.75 Å². The van der Waals surface area contributed by atoms with Crippen LogP contribution in [-0.2, 0) is 0 Å². The molecule has 1 aliphatic rings. The van der Waals surface area contributed by atoms with Crippen LogP contribution in [0, 0.1) is 5.92 Å². The number of halogens is 2. The predicted octanol–water partition coefficient (Wildman–Crippen LogP) is 2.64. The van der Waals surface area contributed by atoms with Gasteiger partial charge in [0.1, 0.15) is 5.03 Å². The number of thioether (sulfide) groups is 1. The van der Waals surface area contributed by atoms with Crippen LogP contribution in [-0.4, -0.2) is 29.0 Å². The van der Waals surface area contributed by atoms with Gasteiger partial charge >= 0.3 is 0 Å². The van der Waals surface area contributed by atoms with Crippen LogP contribution in [0.2, 0.25) is 5.15 Å². The maximum atomic E-state index is 5.67. The predicted molar refractivity (Wildman–Crippen MR) is 70.6 cm³/mol. The molecule has 1 N–H and O–H groups in total. The lowest BCUT2D eigenvalue weighted by Crippen LogP contribution is -2.30. The van der Waals surface area contributed by atoms with Gasteiger partial charge in [-0.2, -0.15) is 0 Å². The summed E-state index contributed by atoms with van der Waals surface area (Å²) in [4.78, 5) is 0. The molecule has 0 saturated carbocycles. The summed E-state index contributed by atoms with van der Waals surface area (Å²) in [5, 5.41) is 12.7. The van der Waals surface area contributed by atoms with E-state index < -0.39 is 0 Å². The quantitative estimate of drug-likeness (QED) is 0.864. The molecule has 1 atom stereocenters. The van der Waals surface area contributed by atoms with Crippen LogP contribution < -0.4 is 5.32 Å². The maximum absolute atomic E-state index is 5.67. The first-order valence-electron chi connectivity index (χ1n) is 5.17. The highest BCUT2D eigenvalue weighted by Crippen LogP contribution is 2.22. The molecule has 2 rings (SSSR count). The number of nitrogens with zero attached hydrogens (tertiary/aromatic N) is 2. The van der Waals surface area contributed by atoms with Crippen LogP contribution in [0.4, 0.5) is 0 Å². The topological polar surface area (TPSA) is 37.8 Å². The molecule has 90 valence electrons. The summed E-state index contributed by atoms with van der Waals surface area (Å²) < 4.78 is 0. The fraction of sp³-hybridized carbons (Fsp3) is 0.600. The van der Waals surface area contributed by atoms with Crippen LogP contribution in [0.1, 0.15) is 12.8 Å². The molecule has 1 aliphatic heterocycles. The SMILES string of the molecule is Cl.Clc1ccc(SCC2CCCNC2)nn1. The van der Waals surface area contributed by atoms with Gasteiger partial charge in [-0.05, 0) is 44.0 Å². The van der Waals surface area contributed by atoms with Gasteiger partial charge in [-0.1, -0.05) is 11.6 Å². The standard InChI is InChI=1S/C10H14ClN3S.ClH/c11-9-3-4-10(14-13-9)15-7-8-2-1-5-12-6-8;/h3-4,8,12H,1-2,5-7H2;1H. The summed E-state index contributed by atoms with van der Waals surface area (Å²) in [6.07, 6.45) is 2.61. The Balaban J connectivity index is 0.00000128. The first kappa shape index (κ1) is 14.0. The van der Waals surface area contributed by atoms with Crippen molar-refractivity contribution in [2.24, 2.45) is 5.92 Å². The van der Waals surface area contributed by atoms with Crippen molar-refractivity contribution in [3.63, 3.8) is 0 Å². The number of rotatable bonds is 3. The molecule has 1 unspecified atom stereocenters. The van der Waals surface area contributed by atoms with Gasteiger partial charge in [0.05, 0.1) is 0 Å². The van der Waals surface area contributed by atoms with E-state index in [-0.39, 0.29) is 12.4 Å².